The van der Waals surface area contributed by atoms with Crippen LogP contribution in [-0.2, 0) is 4.79 Å². The van der Waals surface area contributed by atoms with Gasteiger partial charge in [-0.05, 0) is 38.6 Å². The van der Waals surface area contributed by atoms with Gasteiger partial charge < -0.3 is 15.3 Å². The van der Waals surface area contributed by atoms with Crippen molar-refractivity contribution in [2.45, 2.75) is 25.8 Å². The summed E-state index contributed by atoms with van der Waals surface area (Å²) >= 11 is 5.94. The van der Waals surface area contributed by atoms with Crippen LogP contribution in [0, 0.1) is 5.41 Å². The van der Waals surface area contributed by atoms with Crippen LogP contribution in [0.4, 0.5) is 0 Å². The molecule has 0 bridgehead atoms. The maximum Gasteiger partial charge on any atom is 0.228 e. The minimum Gasteiger partial charge on any atom is -0.395 e. The van der Waals surface area contributed by atoms with Crippen LogP contribution in [-0.4, -0.2) is 48.7 Å². The van der Waals surface area contributed by atoms with Gasteiger partial charge in [0.15, 0.2) is 0 Å². The summed E-state index contributed by atoms with van der Waals surface area (Å²) < 4.78 is 0. The van der Waals surface area contributed by atoms with Crippen molar-refractivity contribution in [1.29, 1.82) is 0 Å². The number of likely N-dealkylation sites (N-methyl/N-ethyl adjacent to an activating group) is 1. The second-order valence-corrected chi connectivity index (χ2v) is 6.94. The van der Waals surface area contributed by atoms with Gasteiger partial charge in [0, 0.05) is 30.1 Å². The maximum absolute atomic E-state index is 12.3. The van der Waals surface area contributed by atoms with Crippen molar-refractivity contribution >= 4 is 17.5 Å². The number of rotatable bonds is 4. The number of amides is 1. The topological polar surface area (TPSA) is 52.6 Å². The van der Waals surface area contributed by atoms with Crippen molar-refractivity contribution in [3.8, 4) is 0 Å². The third-order valence-corrected chi connectivity index (χ3v) is 4.38. The summed E-state index contributed by atoms with van der Waals surface area (Å²) in [7, 11) is 2.05. The number of carbonyl (C=O) groups is 1. The molecule has 1 aromatic carbocycles. The second-order valence-electron chi connectivity index (χ2n) is 6.50. The van der Waals surface area contributed by atoms with E-state index in [4.69, 9.17) is 11.6 Å². The summed E-state index contributed by atoms with van der Waals surface area (Å²) in [6.07, 6.45) is 0. The summed E-state index contributed by atoms with van der Waals surface area (Å²) in [5.41, 5.74) is 0.418. The molecule has 1 aliphatic rings. The molecule has 0 saturated carbocycles. The van der Waals surface area contributed by atoms with Gasteiger partial charge in [-0.1, -0.05) is 23.7 Å². The van der Waals surface area contributed by atoms with Gasteiger partial charge in [0.25, 0.3) is 0 Å². The van der Waals surface area contributed by atoms with Crippen LogP contribution < -0.4 is 5.32 Å². The number of hydrogen-bond donors (Lipinski definition) is 2. The van der Waals surface area contributed by atoms with Gasteiger partial charge in [-0.2, -0.15) is 0 Å². The Morgan fingerprint density at radius 1 is 1.38 bits per heavy atom. The molecule has 116 valence electrons. The lowest BCUT2D eigenvalue weighted by Crippen LogP contribution is -2.47. The summed E-state index contributed by atoms with van der Waals surface area (Å²) in [5.74, 6) is 0.134. The average molecular weight is 311 g/mol. The van der Waals surface area contributed by atoms with Gasteiger partial charge in [0.05, 0.1) is 12.0 Å². The molecule has 1 fully saturated rings. The van der Waals surface area contributed by atoms with E-state index in [9.17, 15) is 9.90 Å². The Hall–Kier alpha value is -1.10. The van der Waals surface area contributed by atoms with Crippen molar-refractivity contribution in [2.75, 3.05) is 26.7 Å². The molecule has 0 radical (unpaired) electrons. The van der Waals surface area contributed by atoms with Gasteiger partial charge in [-0.15, -0.1) is 0 Å². The molecule has 2 rings (SSSR count). The lowest BCUT2D eigenvalue weighted by molar-refractivity contribution is -0.132. The quantitative estimate of drug-likeness (QED) is 0.893. The SMILES string of the molecule is CN1CC(NC(=O)C(C)(C)CO)C(c2ccc(Cl)cc2)C1. The number of nitrogens with zero attached hydrogens (tertiary/aromatic N) is 1. The van der Waals surface area contributed by atoms with Crippen LogP contribution in [0.2, 0.25) is 5.02 Å². The first-order chi connectivity index (χ1) is 9.83. The van der Waals surface area contributed by atoms with Gasteiger partial charge in [-0.3, -0.25) is 4.79 Å². The van der Waals surface area contributed by atoms with Gasteiger partial charge in [0.1, 0.15) is 0 Å². The predicted molar refractivity (Wildman–Crippen MR) is 84.5 cm³/mol. The zero-order chi connectivity index (χ0) is 15.6. The molecule has 21 heavy (non-hydrogen) atoms. The molecule has 2 unspecified atom stereocenters. The van der Waals surface area contributed by atoms with Crippen LogP contribution in [0.3, 0.4) is 0 Å². The van der Waals surface area contributed by atoms with Crippen LogP contribution in [0.5, 0.6) is 0 Å². The zero-order valence-corrected chi connectivity index (χ0v) is 13.5. The Bertz CT molecular complexity index is 502. The molecule has 2 atom stereocenters. The molecular formula is C16H23ClN2O2. The Morgan fingerprint density at radius 2 is 2.00 bits per heavy atom. The number of carbonyl (C=O) groups excluding carboxylic acids is 1. The van der Waals surface area contributed by atoms with Crippen molar-refractivity contribution in [1.82, 2.24) is 10.2 Å². The Labute approximate surface area is 131 Å². The van der Waals surface area contributed by atoms with Crippen LogP contribution in [0.25, 0.3) is 0 Å². The van der Waals surface area contributed by atoms with E-state index >= 15 is 0 Å². The van der Waals surface area contributed by atoms with E-state index in [0.717, 1.165) is 13.1 Å². The molecule has 1 aromatic rings. The summed E-state index contributed by atoms with van der Waals surface area (Å²) in [4.78, 5) is 14.5. The fraction of sp³-hybridized carbons (Fsp3) is 0.562. The molecule has 2 N–H and O–H groups in total. The fourth-order valence-corrected chi connectivity index (χ4v) is 2.76. The van der Waals surface area contributed by atoms with E-state index in [2.05, 4.69) is 10.2 Å². The number of nitrogens with one attached hydrogen (secondary N) is 1. The highest BCUT2D eigenvalue weighted by Gasteiger charge is 2.36. The molecule has 1 amide bonds. The lowest BCUT2D eigenvalue weighted by Gasteiger charge is -2.26. The van der Waals surface area contributed by atoms with E-state index in [-0.39, 0.29) is 24.5 Å². The highest BCUT2D eigenvalue weighted by molar-refractivity contribution is 6.30. The van der Waals surface area contributed by atoms with Crippen molar-refractivity contribution in [2.24, 2.45) is 5.41 Å². The van der Waals surface area contributed by atoms with Crippen LogP contribution in [0.1, 0.15) is 25.3 Å². The first kappa shape index (κ1) is 16.3. The standard InChI is InChI=1S/C16H23ClN2O2/c1-16(2,10-20)15(21)18-14-9-19(3)8-13(14)11-4-6-12(17)7-5-11/h4-7,13-14,20H,8-10H2,1-3H3,(H,18,21). The summed E-state index contributed by atoms with van der Waals surface area (Å²) in [6, 6.07) is 7.84. The van der Waals surface area contributed by atoms with E-state index in [1.54, 1.807) is 13.8 Å². The monoisotopic (exact) mass is 310 g/mol. The van der Waals surface area contributed by atoms with Crippen molar-refractivity contribution < 1.29 is 9.90 Å². The number of halogens is 1. The zero-order valence-electron chi connectivity index (χ0n) is 12.8. The molecule has 1 saturated heterocycles. The van der Waals surface area contributed by atoms with Gasteiger partial charge in [-0.25, -0.2) is 0 Å². The van der Waals surface area contributed by atoms with Crippen molar-refractivity contribution in [3.63, 3.8) is 0 Å². The summed E-state index contributed by atoms with van der Waals surface area (Å²) in [6.45, 7) is 5.04. The molecule has 5 heteroatoms. The van der Waals surface area contributed by atoms with Crippen molar-refractivity contribution in [3.05, 3.63) is 34.9 Å². The minimum absolute atomic E-state index is 0.0505. The van der Waals surface area contributed by atoms with Gasteiger partial charge >= 0.3 is 0 Å². The lowest BCUT2D eigenvalue weighted by atomic mass is 9.90. The number of aliphatic hydroxyl groups excluding tert-OH is 1. The van der Waals surface area contributed by atoms with Crippen LogP contribution >= 0.6 is 11.6 Å². The number of likely N-dealkylation sites (tertiary alicyclic amines) is 1. The smallest absolute Gasteiger partial charge is 0.228 e. The highest BCUT2D eigenvalue weighted by atomic mass is 35.5. The molecule has 0 aliphatic carbocycles. The molecule has 4 nitrogen and oxygen atoms in total. The predicted octanol–water partition coefficient (Wildman–Crippen LogP) is 1.87. The summed E-state index contributed by atoms with van der Waals surface area (Å²) in [5, 5.41) is 13.1. The third kappa shape index (κ3) is 3.76. The van der Waals surface area contributed by atoms with E-state index in [1.807, 2.05) is 31.3 Å². The number of hydrogen-bond acceptors (Lipinski definition) is 3. The van der Waals surface area contributed by atoms with E-state index in [1.165, 1.54) is 5.56 Å². The minimum atomic E-state index is -0.758. The van der Waals surface area contributed by atoms with Gasteiger partial charge in [0.2, 0.25) is 5.91 Å². The third-order valence-electron chi connectivity index (χ3n) is 4.13. The van der Waals surface area contributed by atoms with E-state index in [0.29, 0.717) is 5.02 Å². The second kappa shape index (κ2) is 6.34. The first-order valence-corrected chi connectivity index (χ1v) is 7.57. The normalized spacial score (nSPS) is 23.3. The maximum atomic E-state index is 12.3. The molecule has 0 aromatic heterocycles. The largest absolute Gasteiger partial charge is 0.395 e. The molecule has 1 aliphatic heterocycles. The Kier molecular flexibility index (Phi) is 4.91. The fourth-order valence-electron chi connectivity index (χ4n) is 2.63. The first-order valence-electron chi connectivity index (χ1n) is 7.19. The molecule has 1 heterocycles. The Balaban J connectivity index is 2.14. The molecular weight excluding hydrogens is 288 g/mol. The molecule has 0 spiro atoms. The highest BCUT2D eigenvalue weighted by Crippen LogP contribution is 2.28. The van der Waals surface area contributed by atoms with E-state index < -0.39 is 5.41 Å². The Morgan fingerprint density at radius 3 is 2.57 bits per heavy atom. The number of aliphatic hydroxyl groups is 1. The average Bonchev–Trinajstić information content (AvgIpc) is 2.80. The number of benzene rings is 1. The van der Waals surface area contributed by atoms with Crippen LogP contribution in [0.15, 0.2) is 24.3 Å².